The van der Waals surface area contributed by atoms with E-state index in [0.717, 1.165) is 7.11 Å². The van der Waals surface area contributed by atoms with Crippen molar-refractivity contribution in [2.75, 3.05) is 7.11 Å². The number of hydrogen-bond acceptors (Lipinski definition) is 4. The Labute approximate surface area is 119 Å². The van der Waals surface area contributed by atoms with Gasteiger partial charge in [-0.05, 0) is 18.2 Å². The highest BCUT2D eigenvalue weighted by molar-refractivity contribution is 6.36. The van der Waals surface area contributed by atoms with E-state index >= 15 is 0 Å². The van der Waals surface area contributed by atoms with Gasteiger partial charge in [0, 0.05) is 5.02 Å². The maximum atomic E-state index is 11.7. The van der Waals surface area contributed by atoms with Crippen molar-refractivity contribution in [3.63, 3.8) is 0 Å². The molecule has 1 rings (SSSR count). The minimum atomic E-state index is -0.712. The Bertz CT molecular complexity index is 519. The van der Waals surface area contributed by atoms with E-state index in [9.17, 15) is 14.4 Å². The van der Waals surface area contributed by atoms with Crippen LogP contribution >= 0.6 is 23.2 Å². The summed E-state index contributed by atoms with van der Waals surface area (Å²) in [7, 11) is 1.15. The van der Waals surface area contributed by atoms with E-state index in [2.05, 4.69) is 15.6 Å². The largest absolute Gasteiger partial charge is 0.469 e. The van der Waals surface area contributed by atoms with Gasteiger partial charge in [-0.2, -0.15) is 0 Å². The highest BCUT2D eigenvalue weighted by Crippen LogP contribution is 2.20. The van der Waals surface area contributed by atoms with Crippen molar-refractivity contribution < 1.29 is 19.1 Å². The lowest BCUT2D eigenvalue weighted by Crippen LogP contribution is -2.42. The summed E-state index contributed by atoms with van der Waals surface area (Å²) < 4.78 is 4.30. The first-order valence-electron chi connectivity index (χ1n) is 5.05. The zero-order chi connectivity index (χ0) is 14.4. The molecule has 0 unspecified atom stereocenters. The Hall–Kier alpha value is -1.79. The molecule has 19 heavy (non-hydrogen) atoms. The van der Waals surface area contributed by atoms with Crippen LogP contribution in [0.1, 0.15) is 16.8 Å². The molecule has 0 bridgehead atoms. The smallest absolute Gasteiger partial charge is 0.315 e. The van der Waals surface area contributed by atoms with E-state index in [1.807, 2.05) is 0 Å². The molecule has 102 valence electrons. The molecule has 0 radical (unpaired) electrons. The van der Waals surface area contributed by atoms with Gasteiger partial charge in [0.2, 0.25) is 5.91 Å². The summed E-state index contributed by atoms with van der Waals surface area (Å²) in [6, 6.07) is 4.29. The fraction of sp³-hybridized carbons (Fsp3) is 0.182. The molecule has 0 fully saturated rings. The van der Waals surface area contributed by atoms with Gasteiger partial charge < -0.3 is 4.74 Å². The minimum Gasteiger partial charge on any atom is -0.469 e. The molecule has 2 N–H and O–H groups in total. The van der Waals surface area contributed by atoms with Crippen LogP contribution in [0.25, 0.3) is 0 Å². The molecule has 0 saturated heterocycles. The molecule has 0 aliphatic rings. The Balaban J connectivity index is 2.56. The Morgan fingerprint density at radius 3 is 2.47 bits per heavy atom. The van der Waals surface area contributed by atoms with Crippen LogP contribution in [0.5, 0.6) is 0 Å². The number of hydrogen-bond donors (Lipinski definition) is 2. The molecule has 1 aromatic rings. The number of carbonyl (C=O) groups excluding carboxylic acids is 3. The van der Waals surface area contributed by atoms with Crippen LogP contribution in [0.4, 0.5) is 0 Å². The number of ether oxygens (including phenoxy) is 1. The molecule has 0 atom stereocenters. The van der Waals surface area contributed by atoms with Gasteiger partial charge in [-0.1, -0.05) is 23.2 Å². The number of esters is 1. The molecule has 1 aromatic carbocycles. The number of benzene rings is 1. The maximum absolute atomic E-state index is 11.7. The van der Waals surface area contributed by atoms with E-state index < -0.39 is 24.2 Å². The van der Waals surface area contributed by atoms with Crippen molar-refractivity contribution in [1.82, 2.24) is 10.9 Å². The number of halogens is 2. The first kappa shape index (κ1) is 15.3. The molecule has 2 amide bonds. The van der Waals surface area contributed by atoms with Gasteiger partial charge in [-0.25, -0.2) is 0 Å². The first-order valence-corrected chi connectivity index (χ1v) is 5.80. The van der Waals surface area contributed by atoms with Crippen molar-refractivity contribution >= 4 is 41.0 Å². The van der Waals surface area contributed by atoms with Crippen LogP contribution in [0.3, 0.4) is 0 Å². The Kier molecular flexibility index (Phi) is 5.59. The van der Waals surface area contributed by atoms with Crippen molar-refractivity contribution in [1.29, 1.82) is 0 Å². The van der Waals surface area contributed by atoms with Gasteiger partial charge in [-0.15, -0.1) is 0 Å². The highest BCUT2D eigenvalue weighted by atomic mass is 35.5. The standard InChI is InChI=1S/C11H10Cl2N2O4/c1-19-10(17)5-9(16)14-15-11(18)7-3-2-6(12)4-8(7)13/h2-4H,5H2,1H3,(H,14,16)(H,15,18). The molecule has 0 heterocycles. The number of rotatable bonds is 3. The summed E-state index contributed by atoms with van der Waals surface area (Å²) >= 11 is 11.5. The average molecular weight is 305 g/mol. The third-order valence-electron chi connectivity index (χ3n) is 2.02. The second kappa shape index (κ2) is 6.96. The second-order valence-corrected chi connectivity index (χ2v) is 4.22. The number of nitrogens with one attached hydrogen (secondary N) is 2. The molecular formula is C11H10Cl2N2O4. The van der Waals surface area contributed by atoms with Crippen LogP contribution in [-0.2, 0) is 14.3 Å². The van der Waals surface area contributed by atoms with Gasteiger partial charge in [0.05, 0.1) is 17.7 Å². The first-order chi connectivity index (χ1) is 8.93. The van der Waals surface area contributed by atoms with Crippen LogP contribution in [0, 0.1) is 0 Å². The lowest BCUT2D eigenvalue weighted by molar-refractivity contribution is -0.144. The van der Waals surface area contributed by atoms with Crippen molar-refractivity contribution in [3.05, 3.63) is 33.8 Å². The molecule has 0 aliphatic heterocycles. The zero-order valence-electron chi connectivity index (χ0n) is 9.83. The van der Waals surface area contributed by atoms with Crippen molar-refractivity contribution in [2.45, 2.75) is 6.42 Å². The summed E-state index contributed by atoms with van der Waals surface area (Å²) in [5, 5.41) is 0.531. The number of hydrazine groups is 1. The van der Waals surface area contributed by atoms with E-state index in [1.165, 1.54) is 18.2 Å². The summed E-state index contributed by atoms with van der Waals surface area (Å²) in [5.74, 6) is -2.04. The fourth-order valence-electron chi connectivity index (χ4n) is 1.11. The lowest BCUT2D eigenvalue weighted by Gasteiger charge is -2.08. The predicted octanol–water partition coefficient (Wildman–Crippen LogP) is 1.32. The summed E-state index contributed by atoms with van der Waals surface area (Å²) in [6.07, 6.45) is -0.495. The summed E-state index contributed by atoms with van der Waals surface area (Å²) in [5.41, 5.74) is 4.31. The lowest BCUT2D eigenvalue weighted by atomic mass is 10.2. The second-order valence-electron chi connectivity index (χ2n) is 3.38. The van der Waals surface area contributed by atoms with E-state index in [-0.39, 0.29) is 10.6 Å². The SMILES string of the molecule is COC(=O)CC(=O)NNC(=O)c1ccc(Cl)cc1Cl. The van der Waals surface area contributed by atoms with E-state index in [0.29, 0.717) is 5.02 Å². The molecule has 0 spiro atoms. The molecule has 0 aliphatic carbocycles. The van der Waals surface area contributed by atoms with Gasteiger partial charge in [0.25, 0.3) is 5.91 Å². The van der Waals surface area contributed by atoms with Gasteiger partial charge in [0.15, 0.2) is 0 Å². The highest BCUT2D eigenvalue weighted by Gasteiger charge is 2.13. The molecular weight excluding hydrogens is 295 g/mol. The van der Waals surface area contributed by atoms with Crippen molar-refractivity contribution in [3.8, 4) is 0 Å². The van der Waals surface area contributed by atoms with Crippen LogP contribution in [0.15, 0.2) is 18.2 Å². The average Bonchev–Trinajstić information content (AvgIpc) is 2.35. The Morgan fingerprint density at radius 1 is 1.21 bits per heavy atom. The normalized spacial score (nSPS) is 9.63. The molecule has 0 saturated carbocycles. The number of carbonyl (C=O) groups is 3. The van der Waals surface area contributed by atoms with E-state index in [1.54, 1.807) is 0 Å². The predicted molar refractivity (Wildman–Crippen MR) is 68.7 cm³/mol. The fourth-order valence-corrected chi connectivity index (χ4v) is 1.61. The van der Waals surface area contributed by atoms with Crippen LogP contribution < -0.4 is 10.9 Å². The maximum Gasteiger partial charge on any atom is 0.315 e. The van der Waals surface area contributed by atoms with Crippen LogP contribution in [-0.4, -0.2) is 24.9 Å². The quantitative estimate of drug-likeness (QED) is 0.501. The van der Waals surface area contributed by atoms with Crippen molar-refractivity contribution in [2.24, 2.45) is 0 Å². The topological polar surface area (TPSA) is 84.5 Å². The molecule has 8 heteroatoms. The number of methoxy groups -OCH3 is 1. The summed E-state index contributed by atoms with van der Waals surface area (Å²) in [4.78, 5) is 33.7. The van der Waals surface area contributed by atoms with Gasteiger partial charge in [-0.3, -0.25) is 25.2 Å². The summed E-state index contributed by atoms with van der Waals surface area (Å²) in [6.45, 7) is 0. The zero-order valence-corrected chi connectivity index (χ0v) is 11.3. The number of amides is 2. The Morgan fingerprint density at radius 2 is 1.89 bits per heavy atom. The molecule has 6 nitrogen and oxygen atoms in total. The third kappa shape index (κ3) is 4.76. The monoisotopic (exact) mass is 304 g/mol. The molecule has 0 aromatic heterocycles. The van der Waals surface area contributed by atoms with Gasteiger partial charge >= 0.3 is 5.97 Å². The van der Waals surface area contributed by atoms with Gasteiger partial charge in [0.1, 0.15) is 6.42 Å². The third-order valence-corrected chi connectivity index (χ3v) is 2.57. The van der Waals surface area contributed by atoms with Crippen LogP contribution in [0.2, 0.25) is 10.0 Å². The minimum absolute atomic E-state index is 0.143. The van der Waals surface area contributed by atoms with E-state index in [4.69, 9.17) is 23.2 Å².